The molecule has 2 aromatic carbocycles. The number of benzene rings is 2. The lowest BCUT2D eigenvalue weighted by Crippen LogP contribution is -2.33. The number of nitrogens with zero attached hydrogens (tertiary/aromatic N) is 2. The van der Waals surface area contributed by atoms with Crippen molar-refractivity contribution in [3.05, 3.63) is 54.1 Å². The van der Waals surface area contributed by atoms with Gasteiger partial charge in [-0.15, -0.1) is 0 Å². The number of carbonyl (C=O) groups excluding carboxylic acids is 1. The van der Waals surface area contributed by atoms with Crippen LogP contribution in [0.5, 0.6) is 0 Å². The minimum absolute atomic E-state index is 0.181. The van der Waals surface area contributed by atoms with Gasteiger partial charge < -0.3 is 10.2 Å². The summed E-state index contributed by atoms with van der Waals surface area (Å²) >= 11 is 0. The van der Waals surface area contributed by atoms with E-state index in [9.17, 15) is 13.2 Å². The zero-order chi connectivity index (χ0) is 20.7. The molecule has 152 valence electrons. The molecule has 7 heteroatoms. The summed E-state index contributed by atoms with van der Waals surface area (Å²) in [6.45, 7) is 9.29. The smallest absolute Gasteiger partial charge is 0.243 e. The Morgan fingerprint density at radius 1 is 0.964 bits per heavy atom. The van der Waals surface area contributed by atoms with Crippen molar-refractivity contribution in [3.8, 4) is 0 Å². The molecule has 0 radical (unpaired) electrons. The molecular weight excluding hydrogens is 374 g/mol. The van der Waals surface area contributed by atoms with Gasteiger partial charge in [-0.3, -0.25) is 4.79 Å². The lowest BCUT2D eigenvalue weighted by molar-refractivity contribution is -0.115. The van der Waals surface area contributed by atoms with Crippen molar-refractivity contribution >= 4 is 27.3 Å². The van der Waals surface area contributed by atoms with Crippen molar-refractivity contribution in [2.75, 3.05) is 36.4 Å². The van der Waals surface area contributed by atoms with E-state index in [1.807, 2.05) is 43.0 Å². The van der Waals surface area contributed by atoms with E-state index in [2.05, 4.69) is 5.32 Å². The number of sulfonamides is 1. The van der Waals surface area contributed by atoms with Gasteiger partial charge in [0.1, 0.15) is 0 Å². The molecule has 0 unspecified atom stereocenters. The Morgan fingerprint density at radius 2 is 1.64 bits per heavy atom. The van der Waals surface area contributed by atoms with Crippen LogP contribution in [0.25, 0.3) is 0 Å². The Balaban J connectivity index is 2.15. The molecule has 0 atom stereocenters. The van der Waals surface area contributed by atoms with E-state index >= 15 is 0 Å². The fraction of sp³-hybridized carbons (Fsp3) is 0.381. The first kappa shape index (κ1) is 21.9. The zero-order valence-corrected chi connectivity index (χ0v) is 17.8. The summed E-state index contributed by atoms with van der Waals surface area (Å²) in [6.07, 6.45) is 0. The number of anilines is 2. The highest BCUT2D eigenvalue weighted by molar-refractivity contribution is 7.89. The first-order valence-electron chi connectivity index (χ1n) is 9.54. The number of amides is 1. The topological polar surface area (TPSA) is 69.7 Å². The highest BCUT2D eigenvalue weighted by atomic mass is 32.2. The molecule has 2 rings (SSSR count). The summed E-state index contributed by atoms with van der Waals surface area (Å²) in [5.74, 6) is -0.192. The van der Waals surface area contributed by atoms with Crippen molar-refractivity contribution in [1.82, 2.24) is 4.31 Å². The molecule has 0 aliphatic rings. The molecule has 0 aliphatic heterocycles. The number of nitrogens with one attached hydrogen (secondary N) is 1. The molecule has 0 saturated carbocycles. The van der Waals surface area contributed by atoms with Crippen LogP contribution in [0.1, 0.15) is 26.3 Å². The fourth-order valence-electron chi connectivity index (χ4n) is 3.11. The van der Waals surface area contributed by atoms with Crippen LogP contribution in [-0.4, -0.2) is 44.8 Å². The van der Waals surface area contributed by atoms with Crippen molar-refractivity contribution in [2.45, 2.75) is 32.6 Å². The first-order chi connectivity index (χ1) is 13.3. The lowest BCUT2D eigenvalue weighted by Gasteiger charge is -2.24. The second kappa shape index (κ2) is 9.71. The average molecular weight is 404 g/mol. The van der Waals surface area contributed by atoms with Gasteiger partial charge in [0.2, 0.25) is 15.9 Å². The second-order valence-electron chi connectivity index (χ2n) is 6.47. The van der Waals surface area contributed by atoms with Gasteiger partial charge in [0, 0.05) is 31.0 Å². The molecule has 0 aliphatic carbocycles. The molecular formula is C21H29N3O3S. The maximum atomic E-state index is 12.7. The summed E-state index contributed by atoms with van der Waals surface area (Å²) in [7, 11) is -3.56. The number of para-hydroxylation sites is 1. The van der Waals surface area contributed by atoms with Crippen LogP contribution in [0, 0.1) is 6.92 Å². The predicted octanol–water partition coefficient (Wildman–Crippen LogP) is 3.49. The van der Waals surface area contributed by atoms with Crippen molar-refractivity contribution in [1.29, 1.82) is 0 Å². The third-order valence-corrected chi connectivity index (χ3v) is 6.68. The molecule has 0 aromatic heterocycles. The highest BCUT2D eigenvalue weighted by Crippen LogP contribution is 2.21. The summed E-state index contributed by atoms with van der Waals surface area (Å²) in [5, 5.41) is 2.82. The van der Waals surface area contributed by atoms with E-state index in [0.717, 1.165) is 11.3 Å². The van der Waals surface area contributed by atoms with E-state index in [0.29, 0.717) is 25.3 Å². The van der Waals surface area contributed by atoms with Crippen LogP contribution in [0.3, 0.4) is 0 Å². The lowest BCUT2D eigenvalue weighted by atomic mass is 10.2. The molecule has 1 N–H and O–H groups in total. The van der Waals surface area contributed by atoms with E-state index in [1.165, 1.54) is 10.4 Å². The molecule has 0 spiro atoms. The van der Waals surface area contributed by atoms with Gasteiger partial charge in [-0.25, -0.2) is 8.42 Å². The first-order valence-corrected chi connectivity index (χ1v) is 11.0. The SMILES string of the molecule is CCN(CC(=O)Nc1cccc(S(=O)(=O)N(CC)CC)c1)c1ccccc1C. The monoisotopic (exact) mass is 403 g/mol. The molecule has 2 aromatic rings. The van der Waals surface area contributed by atoms with Gasteiger partial charge in [-0.2, -0.15) is 4.31 Å². The highest BCUT2D eigenvalue weighted by Gasteiger charge is 2.22. The van der Waals surface area contributed by atoms with Crippen LogP contribution in [-0.2, 0) is 14.8 Å². The van der Waals surface area contributed by atoms with E-state index in [-0.39, 0.29) is 17.3 Å². The van der Waals surface area contributed by atoms with Gasteiger partial charge in [0.25, 0.3) is 0 Å². The summed E-state index contributed by atoms with van der Waals surface area (Å²) in [6, 6.07) is 14.3. The van der Waals surface area contributed by atoms with Crippen LogP contribution in [0.2, 0.25) is 0 Å². The number of hydrogen-bond acceptors (Lipinski definition) is 4. The molecule has 0 fully saturated rings. The summed E-state index contributed by atoms with van der Waals surface area (Å²) < 4.78 is 26.8. The third kappa shape index (κ3) is 5.11. The number of aryl methyl sites for hydroxylation is 1. The van der Waals surface area contributed by atoms with Gasteiger partial charge in [0.15, 0.2) is 0 Å². The number of hydrogen-bond donors (Lipinski definition) is 1. The molecule has 1 amide bonds. The summed E-state index contributed by atoms with van der Waals surface area (Å²) in [4.78, 5) is 14.7. The van der Waals surface area contributed by atoms with Gasteiger partial charge in [-0.05, 0) is 43.7 Å². The minimum atomic E-state index is -3.56. The fourth-order valence-corrected chi connectivity index (χ4v) is 4.61. The number of carbonyl (C=O) groups is 1. The predicted molar refractivity (Wildman–Crippen MR) is 114 cm³/mol. The molecule has 0 saturated heterocycles. The Bertz CT molecular complexity index is 909. The van der Waals surface area contributed by atoms with Gasteiger partial charge in [0.05, 0.1) is 11.4 Å². The molecule has 0 bridgehead atoms. The van der Waals surface area contributed by atoms with Crippen LogP contribution >= 0.6 is 0 Å². The average Bonchev–Trinajstić information content (AvgIpc) is 2.67. The Labute approximate surface area is 168 Å². The minimum Gasteiger partial charge on any atom is -0.362 e. The van der Waals surface area contributed by atoms with E-state index in [4.69, 9.17) is 0 Å². The number of likely N-dealkylation sites (N-methyl/N-ethyl adjacent to an activating group) is 1. The normalized spacial score (nSPS) is 11.5. The molecule has 6 nitrogen and oxygen atoms in total. The summed E-state index contributed by atoms with van der Waals surface area (Å²) in [5.41, 5.74) is 2.58. The van der Waals surface area contributed by atoms with Crippen molar-refractivity contribution in [3.63, 3.8) is 0 Å². The van der Waals surface area contributed by atoms with Crippen LogP contribution < -0.4 is 10.2 Å². The third-order valence-electron chi connectivity index (χ3n) is 4.63. The van der Waals surface area contributed by atoms with E-state index < -0.39 is 10.0 Å². The zero-order valence-electron chi connectivity index (χ0n) is 17.0. The maximum Gasteiger partial charge on any atom is 0.243 e. The van der Waals surface area contributed by atoms with Gasteiger partial charge in [-0.1, -0.05) is 38.1 Å². The molecule has 0 heterocycles. The Morgan fingerprint density at radius 3 is 2.25 bits per heavy atom. The van der Waals surface area contributed by atoms with Crippen molar-refractivity contribution < 1.29 is 13.2 Å². The Hall–Kier alpha value is -2.38. The standard InChI is InChI=1S/C21H29N3O3S/c1-5-23(20-14-9-8-11-17(20)4)16-21(25)22-18-12-10-13-19(15-18)28(26,27)24(6-2)7-3/h8-15H,5-7,16H2,1-4H3,(H,22,25). The van der Waals surface area contributed by atoms with Crippen molar-refractivity contribution in [2.24, 2.45) is 0 Å². The van der Waals surface area contributed by atoms with Gasteiger partial charge >= 0.3 is 0 Å². The quantitative estimate of drug-likeness (QED) is 0.696. The van der Waals surface area contributed by atoms with Crippen LogP contribution in [0.4, 0.5) is 11.4 Å². The van der Waals surface area contributed by atoms with Crippen LogP contribution in [0.15, 0.2) is 53.4 Å². The Kier molecular flexibility index (Phi) is 7.60. The maximum absolute atomic E-state index is 12.7. The number of rotatable bonds is 9. The van der Waals surface area contributed by atoms with E-state index in [1.54, 1.807) is 32.0 Å². The molecule has 28 heavy (non-hydrogen) atoms. The second-order valence-corrected chi connectivity index (χ2v) is 8.40. The largest absolute Gasteiger partial charge is 0.362 e.